The Balaban J connectivity index is 1.50. The highest BCUT2D eigenvalue weighted by Gasteiger charge is 2.46. The molecule has 0 bridgehead atoms. The highest BCUT2D eigenvalue weighted by Crippen LogP contribution is 2.27. The van der Waals surface area contributed by atoms with Crippen molar-refractivity contribution in [3.63, 3.8) is 0 Å². The maximum atomic E-state index is 13.8. The molecule has 0 spiro atoms. The van der Waals surface area contributed by atoms with Gasteiger partial charge in [0.05, 0.1) is 6.54 Å². The minimum Gasteiger partial charge on any atom is -0.351 e. The Hall–Kier alpha value is -3.23. The Morgan fingerprint density at radius 3 is 2.68 bits per heavy atom. The number of fused-ring (bicyclic) bond motifs is 1. The minimum atomic E-state index is -1.11. The standard InChI is InChI=1S/C22H26FN5O3/c1-22(21(31)25-15-8-4-5-9-15)13-28-18(20(30)27(22)2)11-17(26-28)19(29)24-12-14-7-3-6-10-16(14)23/h3,6-7,10-11,15H,4-5,8-9,12-13H2,1-2H3,(H,24,29)(H,25,31). The van der Waals surface area contributed by atoms with Gasteiger partial charge in [0.15, 0.2) is 5.69 Å². The van der Waals surface area contributed by atoms with Gasteiger partial charge in [-0.3, -0.25) is 19.1 Å². The molecule has 2 aliphatic rings. The summed E-state index contributed by atoms with van der Waals surface area (Å²) in [7, 11) is 1.59. The SMILES string of the molecule is CN1C(=O)c2cc(C(=O)NCc3ccccc3F)nn2CC1(C)C(=O)NC1CCCC1. The number of nitrogens with zero attached hydrogens (tertiary/aromatic N) is 3. The van der Waals surface area contributed by atoms with Crippen molar-refractivity contribution >= 4 is 17.7 Å². The smallest absolute Gasteiger partial charge is 0.272 e. The largest absolute Gasteiger partial charge is 0.351 e. The lowest BCUT2D eigenvalue weighted by Gasteiger charge is -2.41. The van der Waals surface area contributed by atoms with Gasteiger partial charge >= 0.3 is 0 Å². The lowest BCUT2D eigenvalue weighted by Crippen LogP contribution is -2.63. The van der Waals surface area contributed by atoms with Gasteiger partial charge in [0.25, 0.3) is 11.8 Å². The number of rotatable bonds is 5. The average Bonchev–Trinajstić information content (AvgIpc) is 3.41. The van der Waals surface area contributed by atoms with Crippen LogP contribution in [0.15, 0.2) is 30.3 Å². The molecule has 1 aromatic carbocycles. The van der Waals surface area contributed by atoms with Crippen molar-refractivity contribution in [1.29, 1.82) is 0 Å². The molecule has 8 nitrogen and oxygen atoms in total. The number of benzene rings is 1. The minimum absolute atomic E-state index is 0.00303. The van der Waals surface area contributed by atoms with Gasteiger partial charge in [0.2, 0.25) is 5.91 Å². The summed E-state index contributed by atoms with van der Waals surface area (Å²) in [5, 5.41) is 9.94. The van der Waals surface area contributed by atoms with Crippen LogP contribution in [0.3, 0.4) is 0 Å². The van der Waals surface area contributed by atoms with E-state index in [1.807, 2.05) is 0 Å². The maximum absolute atomic E-state index is 13.8. The number of nitrogens with one attached hydrogen (secondary N) is 2. The fourth-order valence-corrected chi connectivity index (χ4v) is 4.16. The average molecular weight is 427 g/mol. The molecule has 9 heteroatoms. The highest BCUT2D eigenvalue weighted by atomic mass is 19.1. The maximum Gasteiger partial charge on any atom is 0.272 e. The van der Waals surface area contributed by atoms with Gasteiger partial charge in [-0.05, 0) is 25.8 Å². The fourth-order valence-electron chi connectivity index (χ4n) is 4.16. The molecule has 2 N–H and O–H groups in total. The molecule has 2 heterocycles. The predicted octanol–water partition coefficient (Wildman–Crippen LogP) is 1.86. The van der Waals surface area contributed by atoms with Crippen LogP contribution in [-0.2, 0) is 17.9 Å². The molecule has 31 heavy (non-hydrogen) atoms. The number of halogens is 1. The van der Waals surface area contributed by atoms with Crippen LogP contribution in [0.2, 0.25) is 0 Å². The molecule has 4 rings (SSSR count). The summed E-state index contributed by atoms with van der Waals surface area (Å²) >= 11 is 0. The second kappa shape index (κ2) is 8.13. The first-order chi connectivity index (χ1) is 14.8. The Morgan fingerprint density at radius 1 is 1.26 bits per heavy atom. The summed E-state index contributed by atoms with van der Waals surface area (Å²) in [6.07, 6.45) is 4.06. The van der Waals surface area contributed by atoms with E-state index in [0.717, 1.165) is 25.7 Å². The first-order valence-corrected chi connectivity index (χ1v) is 10.5. The molecule has 3 amide bonds. The summed E-state index contributed by atoms with van der Waals surface area (Å²) in [6, 6.07) is 7.71. The van der Waals surface area contributed by atoms with Crippen LogP contribution in [-0.4, -0.2) is 51.0 Å². The molecular weight excluding hydrogens is 401 g/mol. The van der Waals surface area contributed by atoms with E-state index in [2.05, 4.69) is 15.7 Å². The van der Waals surface area contributed by atoms with E-state index in [0.29, 0.717) is 5.56 Å². The monoisotopic (exact) mass is 427 g/mol. The zero-order chi connectivity index (χ0) is 22.2. The number of carbonyl (C=O) groups excluding carboxylic acids is 3. The summed E-state index contributed by atoms with van der Waals surface area (Å²) in [6.45, 7) is 1.85. The summed E-state index contributed by atoms with van der Waals surface area (Å²) in [5.41, 5.74) is -0.468. The molecule has 1 aliphatic heterocycles. The van der Waals surface area contributed by atoms with Crippen LogP contribution in [0.5, 0.6) is 0 Å². The van der Waals surface area contributed by atoms with Crippen molar-refractivity contribution in [2.45, 2.75) is 57.3 Å². The van der Waals surface area contributed by atoms with E-state index in [1.165, 1.54) is 21.7 Å². The van der Waals surface area contributed by atoms with E-state index >= 15 is 0 Å². The second-order valence-electron chi connectivity index (χ2n) is 8.44. The zero-order valence-corrected chi connectivity index (χ0v) is 17.7. The van der Waals surface area contributed by atoms with Crippen molar-refractivity contribution in [2.75, 3.05) is 7.05 Å². The molecule has 164 valence electrons. The first-order valence-electron chi connectivity index (χ1n) is 10.5. The summed E-state index contributed by atoms with van der Waals surface area (Å²) < 4.78 is 15.2. The summed E-state index contributed by atoms with van der Waals surface area (Å²) in [5.74, 6) is -1.52. The number of carbonyl (C=O) groups is 3. The lowest BCUT2D eigenvalue weighted by atomic mass is 9.95. The molecule has 1 atom stereocenters. The van der Waals surface area contributed by atoms with Crippen molar-refractivity contribution in [2.24, 2.45) is 0 Å². The number of hydrogen-bond donors (Lipinski definition) is 2. The zero-order valence-electron chi connectivity index (χ0n) is 17.7. The molecule has 0 radical (unpaired) electrons. The van der Waals surface area contributed by atoms with Crippen molar-refractivity contribution in [3.8, 4) is 0 Å². The van der Waals surface area contributed by atoms with Crippen LogP contribution < -0.4 is 10.6 Å². The van der Waals surface area contributed by atoms with Crippen LogP contribution in [0.4, 0.5) is 4.39 Å². The second-order valence-corrected chi connectivity index (χ2v) is 8.44. The molecule has 1 fully saturated rings. The van der Waals surface area contributed by atoms with Crippen molar-refractivity contribution in [3.05, 3.63) is 53.1 Å². The lowest BCUT2D eigenvalue weighted by molar-refractivity contribution is -0.133. The van der Waals surface area contributed by atoms with Crippen molar-refractivity contribution < 1.29 is 18.8 Å². The quantitative estimate of drug-likeness (QED) is 0.761. The van der Waals surface area contributed by atoms with E-state index < -0.39 is 17.3 Å². The third-order valence-corrected chi connectivity index (χ3v) is 6.31. The molecule has 0 saturated heterocycles. The van der Waals surface area contributed by atoms with E-state index in [-0.39, 0.29) is 42.3 Å². The fraction of sp³-hybridized carbons (Fsp3) is 0.455. The van der Waals surface area contributed by atoms with E-state index in [9.17, 15) is 18.8 Å². The van der Waals surface area contributed by atoms with Gasteiger partial charge < -0.3 is 15.5 Å². The van der Waals surface area contributed by atoms with Gasteiger partial charge in [-0.1, -0.05) is 31.0 Å². The Bertz CT molecular complexity index is 1030. The first kappa shape index (κ1) is 21.0. The van der Waals surface area contributed by atoms with Crippen LogP contribution in [0, 0.1) is 5.82 Å². The molecule has 1 aliphatic carbocycles. The predicted molar refractivity (Wildman–Crippen MR) is 111 cm³/mol. The van der Waals surface area contributed by atoms with Crippen molar-refractivity contribution in [1.82, 2.24) is 25.3 Å². The molecule has 1 saturated carbocycles. The number of likely N-dealkylation sites (N-methyl/N-ethyl adjacent to an activating group) is 1. The Kier molecular flexibility index (Phi) is 5.51. The molecule has 2 aromatic rings. The van der Waals surface area contributed by atoms with Crippen LogP contribution in [0.1, 0.15) is 59.1 Å². The van der Waals surface area contributed by atoms with Gasteiger partial charge in [-0.25, -0.2) is 4.39 Å². The topological polar surface area (TPSA) is 96.3 Å². The third-order valence-electron chi connectivity index (χ3n) is 6.31. The summed E-state index contributed by atoms with van der Waals surface area (Å²) in [4.78, 5) is 39.9. The van der Waals surface area contributed by atoms with Gasteiger partial charge in [-0.15, -0.1) is 0 Å². The normalized spacial score (nSPS) is 21.1. The van der Waals surface area contributed by atoms with E-state index in [4.69, 9.17) is 0 Å². The van der Waals surface area contributed by atoms with Gasteiger partial charge in [-0.2, -0.15) is 5.10 Å². The number of amides is 3. The number of hydrogen-bond acceptors (Lipinski definition) is 4. The van der Waals surface area contributed by atoms with Gasteiger partial charge in [0, 0.05) is 31.3 Å². The highest BCUT2D eigenvalue weighted by molar-refractivity contribution is 6.01. The molecule has 1 aromatic heterocycles. The van der Waals surface area contributed by atoms with Crippen LogP contribution >= 0.6 is 0 Å². The molecular formula is C22H26FN5O3. The Labute approximate surface area is 179 Å². The third kappa shape index (κ3) is 3.92. The van der Waals surface area contributed by atoms with Crippen LogP contribution in [0.25, 0.3) is 0 Å². The Morgan fingerprint density at radius 2 is 1.97 bits per heavy atom. The van der Waals surface area contributed by atoms with Gasteiger partial charge in [0.1, 0.15) is 17.1 Å². The molecule has 1 unspecified atom stereocenters. The number of aromatic nitrogens is 2. The van der Waals surface area contributed by atoms with E-state index in [1.54, 1.807) is 32.2 Å².